The number of benzene rings is 1. The Morgan fingerprint density at radius 3 is 2.71 bits per heavy atom. The lowest BCUT2D eigenvalue weighted by atomic mass is 10.2. The summed E-state index contributed by atoms with van der Waals surface area (Å²) in [5.41, 5.74) is 7.82. The third kappa shape index (κ3) is 2.43. The number of aryl methyl sites for hydroxylation is 1. The van der Waals surface area contributed by atoms with E-state index in [2.05, 4.69) is 15.3 Å². The lowest BCUT2D eigenvalue weighted by Crippen LogP contribution is -2.02. The molecule has 88 valence electrons. The minimum atomic E-state index is 0.215. The van der Waals surface area contributed by atoms with Gasteiger partial charge in [-0.3, -0.25) is 0 Å². The Hall–Kier alpha value is -1.52. The highest BCUT2D eigenvalue weighted by atomic mass is 35.5. The van der Waals surface area contributed by atoms with Crippen LogP contribution in [0.1, 0.15) is 5.56 Å². The number of nitrogen functional groups attached to an aromatic ring is 1. The molecule has 1 aromatic heterocycles. The molecule has 0 aliphatic rings. The SMILES string of the molecule is Cc1cccc(Cl)c1Nc1ncnc(Cl)c1N. The van der Waals surface area contributed by atoms with Crippen LogP contribution in [0, 0.1) is 6.92 Å². The van der Waals surface area contributed by atoms with Crippen LogP contribution >= 0.6 is 23.2 Å². The van der Waals surface area contributed by atoms with E-state index in [0.29, 0.717) is 16.5 Å². The molecule has 6 heteroatoms. The van der Waals surface area contributed by atoms with Crippen LogP contribution < -0.4 is 11.1 Å². The van der Waals surface area contributed by atoms with Gasteiger partial charge in [0.15, 0.2) is 11.0 Å². The minimum Gasteiger partial charge on any atom is -0.393 e. The lowest BCUT2D eigenvalue weighted by Gasteiger charge is -2.12. The lowest BCUT2D eigenvalue weighted by molar-refractivity contribution is 1.17. The van der Waals surface area contributed by atoms with E-state index in [9.17, 15) is 0 Å². The van der Waals surface area contributed by atoms with Crippen molar-refractivity contribution in [1.82, 2.24) is 9.97 Å². The molecule has 0 saturated carbocycles. The molecule has 0 radical (unpaired) electrons. The third-order valence-electron chi connectivity index (χ3n) is 2.30. The van der Waals surface area contributed by atoms with E-state index in [0.717, 1.165) is 11.3 Å². The van der Waals surface area contributed by atoms with Crippen LogP contribution in [-0.4, -0.2) is 9.97 Å². The molecule has 0 saturated heterocycles. The summed E-state index contributed by atoms with van der Waals surface area (Å²) in [6.45, 7) is 1.94. The molecule has 2 aromatic rings. The Balaban J connectivity index is 2.42. The molecule has 0 atom stereocenters. The van der Waals surface area contributed by atoms with Gasteiger partial charge >= 0.3 is 0 Å². The second kappa shape index (κ2) is 4.77. The quantitative estimate of drug-likeness (QED) is 0.820. The van der Waals surface area contributed by atoms with Gasteiger partial charge in [-0.15, -0.1) is 0 Å². The first-order valence-corrected chi connectivity index (χ1v) is 5.63. The molecule has 3 N–H and O–H groups in total. The molecule has 2 rings (SSSR count). The Bertz CT molecular complexity index is 537. The van der Waals surface area contributed by atoms with Gasteiger partial charge in [0.1, 0.15) is 12.0 Å². The van der Waals surface area contributed by atoms with Gasteiger partial charge < -0.3 is 11.1 Å². The summed E-state index contributed by atoms with van der Waals surface area (Å²) in [6, 6.07) is 5.60. The summed E-state index contributed by atoms with van der Waals surface area (Å²) in [7, 11) is 0. The largest absolute Gasteiger partial charge is 0.393 e. The van der Waals surface area contributed by atoms with E-state index in [-0.39, 0.29) is 5.15 Å². The average molecular weight is 269 g/mol. The Morgan fingerprint density at radius 2 is 2.00 bits per heavy atom. The van der Waals surface area contributed by atoms with Crippen LogP contribution in [0.15, 0.2) is 24.5 Å². The van der Waals surface area contributed by atoms with Crippen molar-refractivity contribution >= 4 is 40.4 Å². The van der Waals surface area contributed by atoms with Crippen LogP contribution in [0.2, 0.25) is 10.2 Å². The first-order valence-electron chi connectivity index (χ1n) is 4.87. The molecule has 1 aromatic carbocycles. The molecule has 0 unspecified atom stereocenters. The van der Waals surface area contributed by atoms with Crippen molar-refractivity contribution in [3.8, 4) is 0 Å². The van der Waals surface area contributed by atoms with Gasteiger partial charge in [0.05, 0.1) is 10.7 Å². The van der Waals surface area contributed by atoms with Crippen molar-refractivity contribution in [2.24, 2.45) is 0 Å². The van der Waals surface area contributed by atoms with E-state index in [1.165, 1.54) is 6.33 Å². The molecule has 0 fully saturated rings. The molecule has 0 bridgehead atoms. The summed E-state index contributed by atoms with van der Waals surface area (Å²) >= 11 is 11.9. The molecular formula is C11H10Cl2N4. The van der Waals surface area contributed by atoms with E-state index in [1.54, 1.807) is 6.07 Å². The number of hydrogen-bond donors (Lipinski definition) is 2. The molecule has 0 spiro atoms. The van der Waals surface area contributed by atoms with Crippen molar-refractivity contribution in [3.05, 3.63) is 40.3 Å². The molecule has 0 aliphatic carbocycles. The van der Waals surface area contributed by atoms with Crippen LogP contribution in [0.4, 0.5) is 17.2 Å². The van der Waals surface area contributed by atoms with Crippen LogP contribution in [0.5, 0.6) is 0 Å². The van der Waals surface area contributed by atoms with E-state index in [4.69, 9.17) is 28.9 Å². The van der Waals surface area contributed by atoms with E-state index >= 15 is 0 Å². The fourth-order valence-electron chi connectivity index (χ4n) is 1.38. The number of rotatable bonds is 2. The average Bonchev–Trinajstić information content (AvgIpc) is 2.29. The maximum Gasteiger partial charge on any atom is 0.158 e. The number of para-hydroxylation sites is 1. The maximum atomic E-state index is 6.09. The number of aromatic nitrogens is 2. The van der Waals surface area contributed by atoms with Crippen molar-refractivity contribution in [2.75, 3.05) is 11.1 Å². The topological polar surface area (TPSA) is 63.8 Å². The number of halogens is 2. The molecule has 0 aliphatic heterocycles. The molecular weight excluding hydrogens is 259 g/mol. The molecule has 4 nitrogen and oxygen atoms in total. The van der Waals surface area contributed by atoms with Crippen molar-refractivity contribution in [3.63, 3.8) is 0 Å². The first kappa shape index (κ1) is 12.0. The normalized spacial score (nSPS) is 10.3. The zero-order chi connectivity index (χ0) is 12.4. The number of nitrogens with two attached hydrogens (primary N) is 1. The number of hydrogen-bond acceptors (Lipinski definition) is 4. The maximum absolute atomic E-state index is 6.09. The molecule has 1 heterocycles. The predicted molar refractivity (Wildman–Crippen MR) is 70.9 cm³/mol. The highest BCUT2D eigenvalue weighted by Gasteiger charge is 2.09. The zero-order valence-corrected chi connectivity index (χ0v) is 10.5. The van der Waals surface area contributed by atoms with Gasteiger partial charge in [-0.25, -0.2) is 9.97 Å². The predicted octanol–water partition coefficient (Wildman–Crippen LogP) is 3.42. The zero-order valence-electron chi connectivity index (χ0n) is 9.04. The standard InChI is InChI=1S/C11H10Cl2N4/c1-6-3-2-4-7(12)9(6)17-11-8(14)10(13)15-5-16-11/h2-5H,14H2,1H3,(H,15,16,17). The second-order valence-electron chi connectivity index (χ2n) is 3.48. The molecule has 0 amide bonds. The second-order valence-corrected chi connectivity index (χ2v) is 4.25. The first-order chi connectivity index (χ1) is 8.09. The Morgan fingerprint density at radius 1 is 1.24 bits per heavy atom. The summed E-state index contributed by atoms with van der Waals surface area (Å²) < 4.78 is 0. The van der Waals surface area contributed by atoms with Gasteiger partial charge in [0.2, 0.25) is 0 Å². The van der Waals surface area contributed by atoms with E-state index in [1.807, 2.05) is 19.1 Å². The van der Waals surface area contributed by atoms with Crippen LogP contribution in [-0.2, 0) is 0 Å². The van der Waals surface area contributed by atoms with E-state index < -0.39 is 0 Å². The summed E-state index contributed by atoms with van der Waals surface area (Å²) in [6.07, 6.45) is 1.34. The van der Waals surface area contributed by atoms with Crippen molar-refractivity contribution in [1.29, 1.82) is 0 Å². The van der Waals surface area contributed by atoms with Gasteiger partial charge in [-0.1, -0.05) is 35.3 Å². The van der Waals surface area contributed by atoms with Gasteiger partial charge in [-0.05, 0) is 18.6 Å². The smallest absolute Gasteiger partial charge is 0.158 e. The number of nitrogens with zero attached hydrogens (tertiary/aromatic N) is 2. The van der Waals surface area contributed by atoms with Gasteiger partial charge in [-0.2, -0.15) is 0 Å². The Kier molecular flexibility index (Phi) is 3.36. The molecule has 17 heavy (non-hydrogen) atoms. The van der Waals surface area contributed by atoms with Gasteiger partial charge in [0, 0.05) is 0 Å². The third-order valence-corrected chi connectivity index (χ3v) is 2.92. The highest BCUT2D eigenvalue weighted by molar-refractivity contribution is 6.34. The minimum absolute atomic E-state index is 0.215. The van der Waals surface area contributed by atoms with Crippen LogP contribution in [0.25, 0.3) is 0 Å². The van der Waals surface area contributed by atoms with Crippen molar-refractivity contribution in [2.45, 2.75) is 6.92 Å². The number of anilines is 3. The van der Waals surface area contributed by atoms with Gasteiger partial charge in [0.25, 0.3) is 0 Å². The Labute approximate surface area is 109 Å². The fraction of sp³-hybridized carbons (Fsp3) is 0.0909. The summed E-state index contributed by atoms with van der Waals surface area (Å²) in [5.74, 6) is 0.446. The fourth-order valence-corrected chi connectivity index (χ4v) is 1.78. The van der Waals surface area contributed by atoms with Crippen LogP contribution in [0.3, 0.4) is 0 Å². The monoisotopic (exact) mass is 268 g/mol. The number of nitrogens with one attached hydrogen (secondary N) is 1. The van der Waals surface area contributed by atoms with Crippen molar-refractivity contribution < 1.29 is 0 Å². The summed E-state index contributed by atoms with van der Waals surface area (Å²) in [4.78, 5) is 7.81. The summed E-state index contributed by atoms with van der Waals surface area (Å²) in [5, 5.41) is 3.87. The highest BCUT2D eigenvalue weighted by Crippen LogP contribution is 2.31.